The van der Waals surface area contributed by atoms with E-state index in [0.717, 1.165) is 16.7 Å². The lowest BCUT2D eigenvalue weighted by Crippen LogP contribution is -2.03. The minimum atomic E-state index is -3.15. The van der Waals surface area contributed by atoms with Crippen molar-refractivity contribution in [3.05, 3.63) is 35.4 Å². The quantitative estimate of drug-likeness (QED) is 0.810. The Morgan fingerprint density at radius 2 is 1.88 bits per heavy atom. The second kappa shape index (κ2) is 4.42. The van der Waals surface area contributed by atoms with E-state index in [2.05, 4.69) is 6.58 Å². The van der Waals surface area contributed by atoms with E-state index in [4.69, 9.17) is 0 Å². The Balaban J connectivity index is 3.58. The highest BCUT2D eigenvalue weighted by molar-refractivity contribution is 7.90. The smallest absolute Gasteiger partial charge is 0.175 e. The van der Waals surface area contributed by atoms with Gasteiger partial charge in [0.05, 0.1) is 4.90 Å². The monoisotopic (exact) mass is 238 g/mol. The topological polar surface area (TPSA) is 34.1 Å². The van der Waals surface area contributed by atoms with Crippen molar-refractivity contribution in [2.24, 2.45) is 0 Å². The first kappa shape index (κ1) is 13.0. The van der Waals surface area contributed by atoms with Crippen LogP contribution in [0.5, 0.6) is 0 Å². The molecule has 0 fully saturated rings. The summed E-state index contributed by atoms with van der Waals surface area (Å²) in [6.07, 6.45) is 3.02. The van der Waals surface area contributed by atoms with Crippen molar-refractivity contribution < 1.29 is 8.42 Å². The summed E-state index contributed by atoms with van der Waals surface area (Å²) in [7, 11) is -3.15. The predicted molar refractivity (Wildman–Crippen MR) is 68.5 cm³/mol. The van der Waals surface area contributed by atoms with Crippen LogP contribution in [0.3, 0.4) is 0 Å². The van der Waals surface area contributed by atoms with Crippen LogP contribution in [-0.4, -0.2) is 14.7 Å². The minimum Gasteiger partial charge on any atom is -0.224 e. The molecule has 0 atom stereocenters. The van der Waals surface area contributed by atoms with Crippen molar-refractivity contribution in [2.75, 3.05) is 6.26 Å². The third-order valence-corrected chi connectivity index (χ3v) is 3.86. The first-order chi connectivity index (χ1) is 7.27. The van der Waals surface area contributed by atoms with Gasteiger partial charge in [-0.25, -0.2) is 8.42 Å². The zero-order valence-corrected chi connectivity index (χ0v) is 11.1. The molecule has 0 saturated carbocycles. The van der Waals surface area contributed by atoms with Crippen molar-refractivity contribution in [2.45, 2.75) is 31.6 Å². The van der Waals surface area contributed by atoms with Crippen molar-refractivity contribution in [3.63, 3.8) is 0 Å². The van der Waals surface area contributed by atoms with Gasteiger partial charge in [0.1, 0.15) is 0 Å². The van der Waals surface area contributed by atoms with Crippen LogP contribution in [0, 0.1) is 6.92 Å². The van der Waals surface area contributed by atoms with E-state index in [1.165, 1.54) is 6.26 Å². The molecule has 0 heterocycles. The van der Waals surface area contributed by atoms with E-state index in [0.29, 0.717) is 4.90 Å². The van der Waals surface area contributed by atoms with Gasteiger partial charge in [0.2, 0.25) is 0 Å². The Morgan fingerprint density at radius 3 is 2.25 bits per heavy atom. The SMILES string of the molecule is C=Cc1cc(C)c(S(C)(=O)=O)cc1C(C)C. The highest BCUT2D eigenvalue weighted by Crippen LogP contribution is 2.27. The number of sulfone groups is 1. The average molecular weight is 238 g/mol. The highest BCUT2D eigenvalue weighted by atomic mass is 32.2. The Morgan fingerprint density at radius 1 is 1.31 bits per heavy atom. The lowest BCUT2D eigenvalue weighted by molar-refractivity contribution is 0.601. The Labute approximate surface area is 97.9 Å². The summed E-state index contributed by atoms with van der Waals surface area (Å²) in [5.41, 5.74) is 2.82. The lowest BCUT2D eigenvalue weighted by atomic mass is 9.95. The van der Waals surface area contributed by atoms with Crippen LogP contribution in [0.2, 0.25) is 0 Å². The fourth-order valence-electron chi connectivity index (χ4n) is 1.80. The van der Waals surface area contributed by atoms with Gasteiger partial charge in [0.15, 0.2) is 9.84 Å². The third kappa shape index (κ3) is 2.53. The maximum absolute atomic E-state index is 11.6. The molecule has 88 valence electrons. The van der Waals surface area contributed by atoms with Crippen LogP contribution in [0.4, 0.5) is 0 Å². The van der Waals surface area contributed by atoms with Crippen LogP contribution in [-0.2, 0) is 9.84 Å². The third-order valence-electron chi connectivity index (χ3n) is 2.62. The molecule has 3 heteroatoms. The standard InChI is InChI=1S/C13H18O2S/c1-6-11-7-10(4)13(16(5,14)15)8-12(11)9(2)3/h6-9H,1H2,2-5H3. The predicted octanol–water partition coefficient (Wildman–Crippen LogP) is 3.16. The van der Waals surface area contributed by atoms with Crippen LogP contribution >= 0.6 is 0 Å². The van der Waals surface area contributed by atoms with Gasteiger partial charge in [-0.2, -0.15) is 0 Å². The molecule has 0 spiro atoms. The first-order valence-corrected chi connectivity index (χ1v) is 7.13. The van der Waals surface area contributed by atoms with Gasteiger partial charge in [-0.15, -0.1) is 0 Å². The summed E-state index contributed by atoms with van der Waals surface area (Å²) in [4.78, 5) is 0.418. The van der Waals surface area contributed by atoms with E-state index in [1.807, 2.05) is 26.8 Å². The number of benzene rings is 1. The van der Waals surface area contributed by atoms with Crippen molar-refractivity contribution in [1.29, 1.82) is 0 Å². The van der Waals surface area contributed by atoms with Gasteiger partial charge in [0.25, 0.3) is 0 Å². The fraction of sp³-hybridized carbons (Fsp3) is 0.385. The molecule has 0 saturated heterocycles. The molecule has 0 aromatic heterocycles. The molecule has 1 rings (SSSR count). The summed E-state index contributed by atoms with van der Waals surface area (Å²) in [6.45, 7) is 9.66. The van der Waals surface area contributed by atoms with Gasteiger partial charge in [-0.3, -0.25) is 0 Å². The zero-order chi connectivity index (χ0) is 12.5. The second-order valence-corrected chi connectivity index (χ2v) is 6.36. The molecule has 0 aliphatic rings. The fourth-order valence-corrected chi connectivity index (χ4v) is 2.79. The van der Waals surface area contributed by atoms with E-state index in [1.54, 1.807) is 12.1 Å². The van der Waals surface area contributed by atoms with Crippen LogP contribution in [0.15, 0.2) is 23.6 Å². The number of aryl methyl sites for hydroxylation is 1. The minimum absolute atomic E-state index is 0.286. The van der Waals surface area contributed by atoms with Crippen LogP contribution < -0.4 is 0 Å². The molecule has 0 aliphatic carbocycles. The maximum atomic E-state index is 11.6. The van der Waals surface area contributed by atoms with Gasteiger partial charge in [-0.05, 0) is 35.6 Å². The molecule has 0 aliphatic heterocycles. The van der Waals surface area contributed by atoms with Gasteiger partial charge >= 0.3 is 0 Å². The molecule has 16 heavy (non-hydrogen) atoms. The second-order valence-electron chi connectivity index (χ2n) is 4.38. The van der Waals surface area contributed by atoms with Crippen LogP contribution in [0.1, 0.15) is 36.5 Å². The number of hydrogen-bond donors (Lipinski definition) is 0. The number of rotatable bonds is 3. The first-order valence-electron chi connectivity index (χ1n) is 5.24. The van der Waals surface area contributed by atoms with Crippen LogP contribution in [0.25, 0.3) is 6.08 Å². The van der Waals surface area contributed by atoms with Crippen molar-refractivity contribution in [1.82, 2.24) is 0 Å². The molecule has 0 radical (unpaired) electrons. The summed E-state index contributed by atoms with van der Waals surface area (Å²) >= 11 is 0. The van der Waals surface area contributed by atoms with E-state index in [-0.39, 0.29) is 5.92 Å². The number of hydrogen-bond acceptors (Lipinski definition) is 2. The van der Waals surface area contributed by atoms with Gasteiger partial charge < -0.3 is 0 Å². The van der Waals surface area contributed by atoms with Crippen molar-refractivity contribution in [3.8, 4) is 0 Å². The maximum Gasteiger partial charge on any atom is 0.175 e. The highest BCUT2D eigenvalue weighted by Gasteiger charge is 2.15. The van der Waals surface area contributed by atoms with Crippen molar-refractivity contribution >= 4 is 15.9 Å². The lowest BCUT2D eigenvalue weighted by Gasteiger charge is -2.14. The zero-order valence-electron chi connectivity index (χ0n) is 10.2. The normalized spacial score (nSPS) is 11.8. The van der Waals surface area contributed by atoms with Gasteiger partial charge in [0, 0.05) is 6.26 Å². The average Bonchev–Trinajstić information content (AvgIpc) is 2.14. The Bertz CT molecular complexity index is 511. The van der Waals surface area contributed by atoms with E-state index < -0.39 is 9.84 Å². The molecule has 2 nitrogen and oxygen atoms in total. The summed E-state index contributed by atoms with van der Waals surface area (Å²) in [5.74, 6) is 0.286. The van der Waals surface area contributed by atoms with E-state index >= 15 is 0 Å². The molecular formula is C13H18O2S. The molecule has 1 aromatic rings. The largest absolute Gasteiger partial charge is 0.224 e. The summed E-state index contributed by atoms with van der Waals surface area (Å²) in [6, 6.07) is 3.66. The molecule has 0 bridgehead atoms. The van der Waals surface area contributed by atoms with Gasteiger partial charge in [-0.1, -0.05) is 32.6 Å². The molecule has 0 amide bonds. The van der Waals surface area contributed by atoms with E-state index in [9.17, 15) is 8.42 Å². The molecule has 1 aromatic carbocycles. The Hall–Kier alpha value is -1.09. The molecule has 0 N–H and O–H groups in total. The summed E-state index contributed by atoms with van der Waals surface area (Å²) < 4.78 is 23.2. The Kier molecular flexibility index (Phi) is 3.58. The molecule has 0 unspecified atom stereocenters. The molecular weight excluding hydrogens is 220 g/mol. The summed E-state index contributed by atoms with van der Waals surface area (Å²) in [5, 5.41) is 0.